The van der Waals surface area contributed by atoms with E-state index in [0.29, 0.717) is 18.8 Å². The Labute approximate surface area is 96.6 Å². The number of aromatic amines is 1. The van der Waals surface area contributed by atoms with E-state index in [1.807, 2.05) is 0 Å². The van der Waals surface area contributed by atoms with Crippen LogP contribution in [0.3, 0.4) is 0 Å². The summed E-state index contributed by atoms with van der Waals surface area (Å²) in [6.45, 7) is 6.41. The van der Waals surface area contributed by atoms with E-state index in [4.69, 9.17) is 5.73 Å². The number of hydrogen-bond acceptors (Lipinski definition) is 2. The number of aromatic nitrogens is 2. The maximum atomic E-state index is 10.8. The average molecular weight is 223 g/mol. The Morgan fingerprint density at radius 1 is 1.50 bits per heavy atom. The molecule has 0 aliphatic rings. The van der Waals surface area contributed by atoms with Gasteiger partial charge in [0, 0.05) is 12.1 Å². The fraction of sp³-hybridized carbons (Fsp3) is 0.667. The molecule has 4 heteroatoms. The van der Waals surface area contributed by atoms with Gasteiger partial charge in [-0.3, -0.25) is 9.89 Å². The molecule has 0 bridgehead atoms. The molecule has 1 rings (SSSR count). The molecule has 0 aliphatic heterocycles. The standard InChI is InChI=1S/C12H21N3O/c1-4-10-9(5-6-12(13)16)11(15-14-10)7-8(2)3/h8H,4-7H2,1-3H3,(H2,13,16)(H,14,15). The van der Waals surface area contributed by atoms with Crippen LogP contribution >= 0.6 is 0 Å². The molecular formula is C12H21N3O. The molecule has 1 amide bonds. The van der Waals surface area contributed by atoms with Crippen molar-refractivity contribution in [2.24, 2.45) is 11.7 Å². The van der Waals surface area contributed by atoms with E-state index in [1.54, 1.807) is 0 Å². The number of nitrogens with two attached hydrogens (primary N) is 1. The van der Waals surface area contributed by atoms with E-state index in [-0.39, 0.29) is 5.91 Å². The summed E-state index contributed by atoms with van der Waals surface area (Å²) in [5.74, 6) is 0.330. The molecule has 0 fully saturated rings. The van der Waals surface area contributed by atoms with E-state index in [0.717, 1.165) is 24.2 Å². The third kappa shape index (κ3) is 3.36. The zero-order valence-corrected chi connectivity index (χ0v) is 10.3. The number of primary amides is 1. The second-order valence-corrected chi connectivity index (χ2v) is 4.55. The summed E-state index contributed by atoms with van der Waals surface area (Å²) in [6.07, 6.45) is 2.97. The number of carbonyl (C=O) groups is 1. The highest BCUT2D eigenvalue weighted by molar-refractivity contribution is 5.74. The van der Waals surface area contributed by atoms with Gasteiger partial charge in [0.15, 0.2) is 0 Å². The highest BCUT2D eigenvalue weighted by atomic mass is 16.1. The van der Waals surface area contributed by atoms with Gasteiger partial charge in [-0.15, -0.1) is 0 Å². The van der Waals surface area contributed by atoms with Gasteiger partial charge in [0.05, 0.1) is 5.69 Å². The molecule has 1 heterocycles. The van der Waals surface area contributed by atoms with Crippen molar-refractivity contribution in [1.29, 1.82) is 0 Å². The lowest BCUT2D eigenvalue weighted by atomic mass is 9.99. The summed E-state index contributed by atoms with van der Waals surface area (Å²) in [6, 6.07) is 0. The van der Waals surface area contributed by atoms with Crippen LogP contribution in [0.25, 0.3) is 0 Å². The molecule has 0 spiro atoms. The van der Waals surface area contributed by atoms with E-state index in [2.05, 4.69) is 31.0 Å². The van der Waals surface area contributed by atoms with E-state index >= 15 is 0 Å². The molecule has 0 aromatic carbocycles. The van der Waals surface area contributed by atoms with Gasteiger partial charge < -0.3 is 5.73 Å². The average Bonchev–Trinajstić information content (AvgIpc) is 2.56. The summed E-state index contributed by atoms with van der Waals surface area (Å²) >= 11 is 0. The van der Waals surface area contributed by atoms with Gasteiger partial charge in [-0.05, 0) is 30.7 Å². The SMILES string of the molecule is CCc1n[nH]c(CC(C)C)c1CCC(N)=O. The van der Waals surface area contributed by atoms with E-state index in [9.17, 15) is 4.79 Å². The third-order valence-electron chi connectivity index (χ3n) is 2.61. The van der Waals surface area contributed by atoms with Crippen LogP contribution in [0.2, 0.25) is 0 Å². The lowest BCUT2D eigenvalue weighted by molar-refractivity contribution is -0.117. The molecule has 0 unspecified atom stereocenters. The Hall–Kier alpha value is -1.32. The first-order chi connectivity index (χ1) is 7.54. The molecule has 90 valence electrons. The van der Waals surface area contributed by atoms with Crippen molar-refractivity contribution in [2.75, 3.05) is 0 Å². The number of nitrogens with one attached hydrogen (secondary N) is 1. The fourth-order valence-electron chi connectivity index (χ4n) is 1.86. The van der Waals surface area contributed by atoms with Gasteiger partial charge in [-0.25, -0.2) is 0 Å². The number of nitrogens with zero attached hydrogens (tertiary/aromatic N) is 1. The zero-order chi connectivity index (χ0) is 12.1. The van der Waals surface area contributed by atoms with Gasteiger partial charge >= 0.3 is 0 Å². The van der Waals surface area contributed by atoms with Gasteiger partial charge in [0.2, 0.25) is 5.91 Å². The van der Waals surface area contributed by atoms with Gasteiger partial charge in [-0.1, -0.05) is 20.8 Å². The molecule has 1 aromatic rings. The van der Waals surface area contributed by atoms with Crippen molar-refractivity contribution in [3.8, 4) is 0 Å². The molecule has 1 aromatic heterocycles. The summed E-state index contributed by atoms with van der Waals surface area (Å²) in [5.41, 5.74) is 8.60. The van der Waals surface area contributed by atoms with Gasteiger partial charge in [0.1, 0.15) is 0 Å². The number of amides is 1. The van der Waals surface area contributed by atoms with Crippen molar-refractivity contribution in [3.63, 3.8) is 0 Å². The smallest absolute Gasteiger partial charge is 0.217 e. The summed E-state index contributed by atoms with van der Waals surface area (Å²) < 4.78 is 0. The third-order valence-corrected chi connectivity index (χ3v) is 2.61. The minimum Gasteiger partial charge on any atom is -0.370 e. The van der Waals surface area contributed by atoms with E-state index < -0.39 is 0 Å². The molecule has 3 N–H and O–H groups in total. The van der Waals surface area contributed by atoms with Crippen LogP contribution in [0.4, 0.5) is 0 Å². The van der Waals surface area contributed by atoms with Crippen LogP contribution in [0, 0.1) is 5.92 Å². The second-order valence-electron chi connectivity index (χ2n) is 4.55. The van der Waals surface area contributed by atoms with E-state index in [1.165, 1.54) is 5.56 Å². The molecule has 0 atom stereocenters. The van der Waals surface area contributed by atoms with Crippen LogP contribution in [0.15, 0.2) is 0 Å². The largest absolute Gasteiger partial charge is 0.370 e. The Bertz CT molecular complexity index is 355. The van der Waals surface area contributed by atoms with Gasteiger partial charge in [-0.2, -0.15) is 5.10 Å². The maximum Gasteiger partial charge on any atom is 0.217 e. The van der Waals surface area contributed by atoms with Crippen molar-refractivity contribution >= 4 is 5.91 Å². The maximum absolute atomic E-state index is 10.8. The first-order valence-electron chi connectivity index (χ1n) is 5.87. The highest BCUT2D eigenvalue weighted by Crippen LogP contribution is 2.17. The quantitative estimate of drug-likeness (QED) is 0.768. The zero-order valence-electron chi connectivity index (χ0n) is 10.3. The lowest BCUT2D eigenvalue weighted by Crippen LogP contribution is -2.12. The van der Waals surface area contributed by atoms with Crippen LogP contribution in [-0.4, -0.2) is 16.1 Å². The Kier molecular flexibility index (Phi) is 4.52. The molecule has 4 nitrogen and oxygen atoms in total. The molecule has 16 heavy (non-hydrogen) atoms. The first kappa shape index (κ1) is 12.7. The number of carbonyl (C=O) groups excluding carboxylic acids is 1. The minimum absolute atomic E-state index is 0.251. The van der Waals surface area contributed by atoms with Crippen LogP contribution < -0.4 is 5.73 Å². The number of hydrogen-bond donors (Lipinski definition) is 2. The normalized spacial score (nSPS) is 11.0. The highest BCUT2D eigenvalue weighted by Gasteiger charge is 2.13. The number of aryl methyl sites for hydroxylation is 1. The number of rotatable bonds is 6. The van der Waals surface area contributed by atoms with Crippen molar-refractivity contribution < 1.29 is 4.79 Å². The Morgan fingerprint density at radius 2 is 2.19 bits per heavy atom. The molecule has 0 saturated carbocycles. The van der Waals surface area contributed by atoms with Crippen molar-refractivity contribution in [1.82, 2.24) is 10.2 Å². The van der Waals surface area contributed by atoms with Crippen molar-refractivity contribution in [3.05, 3.63) is 17.0 Å². The lowest BCUT2D eigenvalue weighted by Gasteiger charge is -2.06. The first-order valence-corrected chi connectivity index (χ1v) is 5.87. The molecule has 0 saturated heterocycles. The van der Waals surface area contributed by atoms with Gasteiger partial charge in [0.25, 0.3) is 0 Å². The molecule has 0 radical (unpaired) electrons. The predicted molar refractivity (Wildman–Crippen MR) is 64.0 cm³/mol. The summed E-state index contributed by atoms with van der Waals surface area (Å²) in [4.78, 5) is 10.8. The summed E-state index contributed by atoms with van der Waals surface area (Å²) in [7, 11) is 0. The van der Waals surface area contributed by atoms with Crippen LogP contribution in [-0.2, 0) is 24.1 Å². The topological polar surface area (TPSA) is 71.8 Å². The molecule has 0 aliphatic carbocycles. The van der Waals surface area contributed by atoms with Crippen molar-refractivity contribution in [2.45, 2.75) is 46.5 Å². The predicted octanol–water partition coefficient (Wildman–Crippen LogP) is 1.59. The van der Waals surface area contributed by atoms with Crippen LogP contribution in [0.5, 0.6) is 0 Å². The number of H-pyrrole nitrogens is 1. The monoisotopic (exact) mass is 223 g/mol. The Morgan fingerprint density at radius 3 is 2.69 bits per heavy atom. The summed E-state index contributed by atoms with van der Waals surface area (Å²) in [5, 5.41) is 7.37. The molecular weight excluding hydrogens is 202 g/mol. The fourth-order valence-corrected chi connectivity index (χ4v) is 1.86. The Balaban J connectivity index is 2.83. The second kappa shape index (κ2) is 5.68. The van der Waals surface area contributed by atoms with Crippen LogP contribution in [0.1, 0.15) is 44.1 Å². The minimum atomic E-state index is -0.251.